The van der Waals surface area contributed by atoms with Crippen molar-refractivity contribution in [3.8, 4) is 11.5 Å². The largest absolute Gasteiger partial charge is 0.455 e. The van der Waals surface area contributed by atoms with E-state index < -0.39 is 0 Å². The summed E-state index contributed by atoms with van der Waals surface area (Å²) in [5.41, 5.74) is 1.03. The lowest BCUT2D eigenvalue weighted by atomic mass is 9.97. The van der Waals surface area contributed by atoms with Crippen LogP contribution in [0.4, 0.5) is 15.2 Å². The quantitative estimate of drug-likeness (QED) is 0.403. The Kier molecular flexibility index (Phi) is 5.73. The molecule has 0 spiro atoms. The topological polar surface area (TPSA) is 54.5 Å². The fraction of sp³-hybridized carbons (Fsp3) is 0.200. The molecule has 1 N–H and O–H groups in total. The lowest BCUT2D eigenvalue weighted by molar-refractivity contribution is -0.120. The molecule has 1 aromatic heterocycles. The van der Waals surface area contributed by atoms with Crippen LogP contribution in [0.15, 0.2) is 72.8 Å². The first-order valence-electron chi connectivity index (χ1n) is 10.6. The second-order valence-corrected chi connectivity index (χ2v) is 8.78. The smallest absolute Gasteiger partial charge is 0.229 e. The fourth-order valence-corrected chi connectivity index (χ4v) is 4.93. The van der Waals surface area contributed by atoms with E-state index in [1.807, 2.05) is 60.7 Å². The number of benzene rings is 3. The number of halogens is 1. The summed E-state index contributed by atoms with van der Waals surface area (Å²) >= 11 is 1.46. The highest BCUT2D eigenvalue weighted by atomic mass is 32.1. The van der Waals surface area contributed by atoms with E-state index in [0.717, 1.165) is 29.2 Å². The Morgan fingerprint density at radius 1 is 1.06 bits per heavy atom. The number of hydrogen-bond acceptors (Lipinski definition) is 5. The maximum atomic E-state index is 14.1. The molecular weight excluding hydrogens is 425 g/mol. The lowest BCUT2D eigenvalue weighted by Gasteiger charge is -2.31. The van der Waals surface area contributed by atoms with E-state index in [2.05, 4.69) is 15.2 Å². The minimum atomic E-state index is -0.314. The van der Waals surface area contributed by atoms with E-state index >= 15 is 0 Å². The minimum absolute atomic E-state index is 0.0499. The molecule has 7 heteroatoms. The molecule has 1 amide bonds. The van der Waals surface area contributed by atoms with E-state index in [0.29, 0.717) is 29.2 Å². The van der Waals surface area contributed by atoms with E-state index in [4.69, 9.17) is 4.74 Å². The van der Waals surface area contributed by atoms with E-state index in [-0.39, 0.29) is 17.6 Å². The highest BCUT2D eigenvalue weighted by Gasteiger charge is 2.28. The number of ether oxygens (including phenoxy) is 1. The SMILES string of the molecule is O=C(Nc1ccccc1Oc1ccccc1)C1CCCN(c2nc3c(F)cccc3s2)C1. The molecule has 1 unspecified atom stereocenters. The van der Waals surface area contributed by atoms with Crippen LogP contribution in [0.5, 0.6) is 11.5 Å². The maximum Gasteiger partial charge on any atom is 0.229 e. The Bertz CT molecular complexity index is 1240. The Labute approximate surface area is 189 Å². The number of piperidine rings is 1. The third-order valence-electron chi connectivity index (χ3n) is 5.54. The van der Waals surface area contributed by atoms with Crippen LogP contribution in [0.2, 0.25) is 0 Å². The number of rotatable bonds is 5. The van der Waals surface area contributed by atoms with Crippen molar-refractivity contribution in [3.63, 3.8) is 0 Å². The highest BCUT2D eigenvalue weighted by molar-refractivity contribution is 7.22. The summed E-state index contributed by atoms with van der Waals surface area (Å²) in [5, 5.41) is 3.80. The van der Waals surface area contributed by atoms with Crippen molar-refractivity contribution in [2.24, 2.45) is 5.92 Å². The van der Waals surface area contributed by atoms with Gasteiger partial charge in [-0.05, 0) is 49.2 Å². The summed E-state index contributed by atoms with van der Waals surface area (Å²) in [6.45, 7) is 1.36. The summed E-state index contributed by atoms with van der Waals surface area (Å²) < 4.78 is 20.8. The maximum absolute atomic E-state index is 14.1. The predicted molar refractivity (Wildman–Crippen MR) is 126 cm³/mol. The second-order valence-electron chi connectivity index (χ2n) is 7.77. The molecule has 0 saturated carbocycles. The number of fused-ring (bicyclic) bond motifs is 1. The van der Waals surface area contributed by atoms with E-state index in [1.54, 1.807) is 6.07 Å². The molecule has 162 valence electrons. The van der Waals surface area contributed by atoms with Gasteiger partial charge in [0.15, 0.2) is 10.9 Å². The van der Waals surface area contributed by atoms with Crippen LogP contribution in [-0.4, -0.2) is 24.0 Å². The van der Waals surface area contributed by atoms with E-state index in [9.17, 15) is 9.18 Å². The van der Waals surface area contributed by atoms with Gasteiger partial charge in [-0.2, -0.15) is 0 Å². The number of carbonyl (C=O) groups excluding carboxylic acids is 1. The molecule has 1 aliphatic heterocycles. The van der Waals surface area contributed by atoms with Gasteiger partial charge in [0.05, 0.1) is 16.3 Å². The van der Waals surface area contributed by atoms with Crippen molar-refractivity contribution < 1.29 is 13.9 Å². The summed E-state index contributed by atoms with van der Waals surface area (Å²) in [5.74, 6) is 0.755. The molecule has 0 aliphatic carbocycles. The second kappa shape index (κ2) is 8.96. The zero-order valence-corrected chi connectivity index (χ0v) is 18.1. The average Bonchev–Trinajstić information content (AvgIpc) is 3.27. The van der Waals surface area contributed by atoms with Crippen molar-refractivity contribution >= 4 is 38.3 Å². The monoisotopic (exact) mass is 447 g/mol. The number of anilines is 2. The number of aromatic nitrogens is 1. The Morgan fingerprint density at radius 3 is 2.72 bits per heavy atom. The van der Waals surface area contributed by atoms with Crippen LogP contribution >= 0.6 is 11.3 Å². The Hall–Kier alpha value is -3.45. The van der Waals surface area contributed by atoms with Gasteiger partial charge in [0.1, 0.15) is 17.1 Å². The van der Waals surface area contributed by atoms with Crippen LogP contribution in [0, 0.1) is 11.7 Å². The minimum Gasteiger partial charge on any atom is -0.455 e. The standard InChI is InChI=1S/C25H22FN3O2S/c26-19-11-6-14-22-23(19)28-25(32-22)29-15-7-8-17(16-29)24(30)27-20-12-4-5-13-21(20)31-18-9-2-1-3-10-18/h1-6,9-14,17H,7-8,15-16H2,(H,27,30). The molecule has 5 rings (SSSR count). The Balaban J connectivity index is 1.30. The van der Waals surface area contributed by atoms with Crippen molar-refractivity contribution in [3.05, 3.63) is 78.6 Å². The third-order valence-corrected chi connectivity index (χ3v) is 6.62. The van der Waals surface area contributed by atoms with Crippen LogP contribution in [0.25, 0.3) is 10.2 Å². The zero-order valence-electron chi connectivity index (χ0n) is 17.3. The molecule has 4 aromatic rings. The lowest BCUT2D eigenvalue weighted by Crippen LogP contribution is -2.40. The number of thiazole rings is 1. The molecule has 0 radical (unpaired) electrons. The predicted octanol–water partition coefficient (Wildman–Crippen LogP) is 6.08. The highest BCUT2D eigenvalue weighted by Crippen LogP contribution is 2.34. The normalized spacial score (nSPS) is 16.2. The van der Waals surface area contributed by atoms with Crippen LogP contribution in [0.3, 0.4) is 0 Å². The van der Waals surface area contributed by atoms with Crippen LogP contribution < -0.4 is 15.0 Å². The van der Waals surface area contributed by atoms with Crippen molar-refractivity contribution in [1.82, 2.24) is 4.98 Å². The number of nitrogens with zero attached hydrogens (tertiary/aromatic N) is 2. The van der Waals surface area contributed by atoms with Crippen molar-refractivity contribution in [2.45, 2.75) is 12.8 Å². The molecule has 5 nitrogen and oxygen atoms in total. The average molecular weight is 448 g/mol. The summed E-state index contributed by atoms with van der Waals surface area (Å²) in [7, 11) is 0. The molecule has 32 heavy (non-hydrogen) atoms. The summed E-state index contributed by atoms with van der Waals surface area (Å²) in [6.07, 6.45) is 1.67. The van der Waals surface area contributed by atoms with Crippen LogP contribution in [-0.2, 0) is 4.79 Å². The first-order chi connectivity index (χ1) is 15.7. The number of amides is 1. The zero-order chi connectivity index (χ0) is 21.9. The van der Waals surface area contributed by atoms with E-state index in [1.165, 1.54) is 17.4 Å². The van der Waals surface area contributed by atoms with Gasteiger partial charge in [0, 0.05) is 13.1 Å². The molecule has 1 saturated heterocycles. The molecular formula is C25H22FN3O2S. The molecule has 2 heterocycles. The summed E-state index contributed by atoms with van der Waals surface area (Å²) in [4.78, 5) is 19.7. The Morgan fingerprint density at radius 2 is 1.88 bits per heavy atom. The first-order valence-corrected chi connectivity index (χ1v) is 11.4. The number of para-hydroxylation sites is 4. The van der Waals surface area contributed by atoms with Crippen molar-refractivity contribution in [1.29, 1.82) is 0 Å². The number of nitrogens with one attached hydrogen (secondary N) is 1. The van der Waals surface area contributed by atoms with Gasteiger partial charge in [0.2, 0.25) is 5.91 Å². The first kappa shape index (κ1) is 20.5. The van der Waals surface area contributed by atoms with Gasteiger partial charge in [-0.25, -0.2) is 9.37 Å². The molecule has 1 aliphatic rings. The van der Waals surface area contributed by atoms with Gasteiger partial charge in [-0.15, -0.1) is 0 Å². The third kappa shape index (κ3) is 4.29. The van der Waals surface area contributed by atoms with Gasteiger partial charge < -0.3 is 15.0 Å². The molecule has 0 bridgehead atoms. The summed E-state index contributed by atoms with van der Waals surface area (Å²) in [6, 6.07) is 21.9. The number of hydrogen-bond donors (Lipinski definition) is 1. The van der Waals surface area contributed by atoms with Gasteiger partial charge in [-0.1, -0.05) is 47.7 Å². The fourth-order valence-electron chi connectivity index (χ4n) is 3.91. The van der Waals surface area contributed by atoms with Crippen LogP contribution in [0.1, 0.15) is 12.8 Å². The molecule has 1 fully saturated rings. The number of carbonyl (C=O) groups is 1. The van der Waals surface area contributed by atoms with Crippen molar-refractivity contribution in [2.75, 3.05) is 23.3 Å². The molecule has 1 atom stereocenters. The van der Waals surface area contributed by atoms with Gasteiger partial charge >= 0.3 is 0 Å². The molecule has 3 aromatic carbocycles. The van der Waals surface area contributed by atoms with Gasteiger partial charge in [0.25, 0.3) is 0 Å². The van der Waals surface area contributed by atoms with Gasteiger partial charge in [-0.3, -0.25) is 4.79 Å².